The Kier molecular flexibility index (Phi) is 13.9. The third-order valence-corrected chi connectivity index (χ3v) is 3.99. The van der Waals surface area contributed by atoms with E-state index >= 15 is 0 Å². The Balaban J connectivity index is 0.00000118. The van der Waals surface area contributed by atoms with Gasteiger partial charge in [-0.05, 0) is 48.9 Å². The zero-order valence-corrected chi connectivity index (χ0v) is 19.6. The van der Waals surface area contributed by atoms with Gasteiger partial charge in [0.2, 0.25) is 0 Å². The number of amides is 1. The molecule has 192 valence electrons. The van der Waals surface area contributed by atoms with Crippen LogP contribution < -0.4 is 21.3 Å². The summed E-state index contributed by atoms with van der Waals surface area (Å²) in [5.74, 6) is -1.42. The lowest BCUT2D eigenvalue weighted by Crippen LogP contribution is -2.15. The number of carbonyl (C=O) groups is 1. The second-order valence-corrected chi connectivity index (χ2v) is 7.89. The fourth-order valence-electron chi connectivity index (χ4n) is 2.10. The highest BCUT2D eigenvalue weighted by atomic mass is 35.5. The van der Waals surface area contributed by atoms with Crippen LogP contribution in [0.4, 0.5) is 18.9 Å². The van der Waals surface area contributed by atoms with E-state index in [1.807, 2.05) is 0 Å². The molecular formula is C19H26ClF3N3O7P. The van der Waals surface area contributed by atoms with Gasteiger partial charge in [0.15, 0.2) is 0 Å². The SMILES string of the molecule is Cc1cc(NC(=O)c2cc(Cl)ccc2OP(=O)(O)O)cc(C(F)(F)F)c1.NCCO.NCCO. The highest BCUT2D eigenvalue weighted by molar-refractivity contribution is 7.46. The molecule has 0 fully saturated rings. The number of aryl methyl sites for hydroxylation is 1. The van der Waals surface area contributed by atoms with Gasteiger partial charge in [0.25, 0.3) is 5.91 Å². The highest BCUT2D eigenvalue weighted by Crippen LogP contribution is 2.40. The first-order valence-corrected chi connectivity index (χ1v) is 11.3. The van der Waals surface area contributed by atoms with Crippen LogP contribution in [-0.4, -0.2) is 52.2 Å². The molecule has 0 saturated heterocycles. The summed E-state index contributed by atoms with van der Waals surface area (Å²) in [7, 11) is -4.96. The number of nitrogens with one attached hydrogen (secondary N) is 1. The van der Waals surface area contributed by atoms with Gasteiger partial charge in [-0.25, -0.2) is 4.57 Å². The average Bonchev–Trinajstić information content (AvgIpc) is 2.73. The van der Waals surface area contributed by atoms with E-state index in [1.54, 1.807) is 0 Å². The lowest BCUT2D eigenvalue weighted by atomic mass is 10.1. The molecule has 0 saturated carbocycles. The maximum Gasteiger partial charge on any atom is 0.524 e. The van der Waals surface area contributed by atoms with E-state index in [1.165, 1.54) is 19.1 Å². The Morgan fingerprint density at radius 2 is 1.62 bits per heavy atom. The predicted molar refractivity (Wildman–Crippen MR) is 121 cm³/mol. The van der Waals surface area contributed by atoms with Gasteiger partial charge in [-0.15, -0.1) is 0 Å². The van der Waals surface area contributed by atoms with Crippen molar-refractivity contribution in [2.75, 3.05) is 31.6 Å². The number of phosphoric acid groups is 1. The van der Waals surface area contributed by atoms with E-state index in [9.17, 15) is 22.5 Å². The third-order valence-electron chi connectivity index (χ3n) is 3.32. The molecule has 9 N–H and O–H groups in total. The van der Waals surface area contributed by atoms with E-state index in [2.05, 4.69) is 9.84 Å². The van der Waals surface area contributed by atoms with Crippen molar-refractivity contribution in [3.05, 3.63) is 58.1 Å². The molecule has 10 nitrogen and oxygen atoms in total. The number of nitrogens with two attached hydrogens (primary N) is 2. The zero-order chi connectivity index (χ0) is 26.5. The van der Waals surface area contributed by atoms with Gasteiger partial charge in [-0.2, -0.15) is 13.2 Å². The molecule has 2 rings (SSSR count). The summed E-state index contributed by atoms with van der Waals surface area (Å²) in [6.07, 6.45) is -4.60. The topological polar surface area (TPSA) is 188 Å². The van der Waals surface area contributed by atoms with Crippen LogP contribution in [0.1, 0.15) is 21.5 Å². The van der Waals surface area contributed by atoms with Gasteiger partial charge in [-0.3, -0.25) is 14.6 Å². The Hall–Kier alpha value is -2.22. The van der Waals surface area contributed by atoms with Gasteiger partial charge in [-0.1, -0.05) is 11.6 Å². The largest absolute Gasteiger partial charge is 0.524 e. The van der Waals surface area contributed by atoms with Crippen molar-refractivity contribution in [3.63, 3.8) is 0 Å². The number of hydrogen-bond acceptors (Lipinski definition) is 7. The number of aliphatic hydroxyl groups is 2. The number of aliphatic hydroxyl groups excluding tert-OH is 2. The van der Waals surface area contributed by atoms with Crippen molar-refractivity contribution in [3.8, 4) is 5.75 Å². The number of benzene rings is 2. The molecule has 0 aliphatic rings. The first kappa shape index (κ1) is 31.8. The molecule has 2 aromatic rings. The van der Waals surface area contributed by atoms with Crippen LogP contribution in [0.5, 0.6) is 5.75 Å². The summed E-state index contributed by atoms with van der Waals surface area (Å²) in [6, 6.07) is 6.32. The fraction of sp³-hybridized carbons (Fsp3) is 0.316. The smallest absolute Gasteiger partial charge is 0.403 e. The molecule has 34 heavy (non-hydrogen) atoms. The lowest BCUT2D eigenvalue weighted by molar-refractivity contribution is -0.137. The van der Waals surface area contributed by atoms with Crippen molar-refractivity contribution >= 4 is 31.0 Å². The number of rotatable bonds is 6. The van der Waals surface area contributed by atoms with E-state index in [4.69, 9.17) is 43.1 Å². The Bertz CT molecular complexity index is 967. The molecule has 0 atom stereocenters. The van der Waals surface area contributed by atoms with Crippen molar-refractivity contribution in [1.82, 2.24) is 0 Å². The first-order chi connectivity index (χ1) is 15.7. The molecule has 0 unspecified atom stereocenters. The number of halogens is 4. The third kappa shape index (κ3) is 12.9. The van der Waals surface area contributed by atoms with Gasteiger partial charge in [0.05, 0.1) is 24.3 Å². The minimum atomic E-state index is -4.96. The van der Waals surface area contributed by atoms with E-state index in [0.717, 1.165) is 24.3 Å². The standard InChI is InChI=1S/C15H12ClF3NO5P.2C2H7NO/c1-8-4-9(15(17,18)19)6-11(5-8)20-14(21)12-7-10(16)2-3-13(12)25-26(22,23)24;2*3-1-2-4/h2-7H,1H3,(H,20,21)(H2,22,23,24);2*4H,1-3H2. The molecule has 0 radical (unpaired) electrons. The average molecular weight is 532 g/mol. The molecule has 0 aliphatic carbocycles. The van der Waals surface area contributed by atoms with E-state index in [-0.39, 0.29) is 35.1 Å². The van der Waals surface area contributed by atoms with Gasteiger partial charge < -0.3 is 31.5 Å². The van der Waals surface area contributed by atoms with Crippen molar-refractivity contribution in [1.29, 1.82) is 0 Å². The van der Waals surface area contributed by atoms with Crippen molar-refractivity contribution in [2.45, 2.75) is 13.1 Å². The number of anilines is 1. The number of alkyl halides is 3. The van der Waals surface area contributed by atoms with Crippen LogP contribution in [-0.2, 0) is 10.7 Å². The first-order valence-electron chi connectivity index (χ1n) is 9.35. The summed E-state index contributed by atoms with van der Waals surface area (Å²) >= 11 is 5.77. The highest BCUT2D eigenvalue weighted by Gasteiger charge is 2.31. The Morgan fingerprint density at radius 1 is 1.09 bits per heavy atom. The monoisotopic (exact) mass is 531 g/mol. The minimum Gasteiger partial charge on any atom is -0.403 e. The fourth-order valence-corrected chi connectivity index (χ4v) is 2.69. The normalized spacial score (nSPS) is 10.9. The van der Waals surface area contributed by atoms with Crippen LogP contribution in [0.3, 0.4) is 0 Å². The van der Waals surface area contributed by atoms with Crippen molar-refractivity contribution in [2.24, 2.45) is 11.5 Å². The van der Waals surface area contributed by atoms with Crippen molar-refractivity contribution < 1.29 is 47.1 Å². The lowest BCUT2D eigenvalue weighted by Gasteiger charge is -2.14. The summed E-state index contributed by atoms with van der Waals surface area (Å²) < 4.78 is 54.0. The molecular weight excluding hydrogens is 506 g/mol. The summed E-state index contributed by atoms with van der Waals surface area (Å²) in [5, 5.41) is 17.8. The molecule has 0 spiro atoms. The van der Waals surface area contributed by atoms with Crippen LogP contribution in [0.15, 0.2) is 36.4 Å². The number of hydrogen-bond donors (Lipinski definition) is 7. The van der Waals surface area contributed by atoms with E-state index in [0.29, 0.717) is 13.1 Å². The summed E-state index contributed by atoms with van der Waals surface area (Å²) in [4.78, 5) is 30.2. The summed E-state index contributed by atoms with van der Waals surface area (Å²) in [6.45, 7) is 2.37. The Morgan fingerprint density at radius 3 is 2.06 bits per heavy atom. The van der Waals surface area contributed by atoms with E-state index < -0.39 is 31.2 Å². The molecule has 0 heterocycles. The molecule has 0 bridgehead atoms. The van der Waals surface area contributed by atoms with Gasteiger partial charge >= 0.3 is 14.0 Å². The summed E-state index contributed by atoms with van der Waals surface area (Å²) in [5.41, 5.74) is 8.36. The number of phosphoric ester groups is 1. The van der Waals surface area contributed by atoms with Crippen LogP contribution in [0.2, 0.25) is 5.02 Å². The number of carbonyl (C=O) groups excluding carboxylic acids is 1. The van der Waals surface area contributed by atoms with Gasteiger partial charge in [0.1, 0.15) is 5.75 Å². The van der Waals surface area contributed by atoms with Crippen LogP contribution >= 0.6 is 19.4 Å². The Labute approximate surface area is 198 Å². The molecule has 1 amide bonds. The van der Waals surface area contributed by atoms with Crippen LogP contribution in [0, 0.1) is 6.92 Å². The molecule has 0 aliphatic heterocycles. The molecule has 0 aromatic heterocycles. The maximum absolute atomic E-state index is 12.9. The zero-order valence-electron chi connectivity index (χ0n) is 17.9. The maximum atomic E-state index is 12.9. The minimum absolute atomic E-state index is 0.0634. The van der Waals surface area contributed by atoms with Gasteiger partial charge in [0, 0.05) is 23.8 Å². The van der Waals surface area contributed by atoms with Crippen LogP contribution in [0.25, 0.3) is 0 Å². The second-order valence-electron chi connectivity index (χ2n) is 6.29. The molecule has 2 aromatic carbocycles. The quantitative estimate of drug-likeness (QED) is 0.274. The molecule has 15 heteroatoms. The second kappa shape index (κ2) is 14.9. The predicted octanol–water partition coefficient (Wildman–Crippen LogP) is 2.27.